The molecule has 0 atom stereocenters. The minimum absolute atomic E-state index is 0.231. The summed E-state index contributed by atoms with van der Waals surface area (Å²) in [5.74, 6) is -0.0855. The molecular weight excluding hydrogens is 309 g/mol. The number of carbonyl (C=O) groups is 1. The van der Waals surface area contributed by atoms with Crippen LogP contribution in [-0.2, 0) is 17.7 Å². The minimum atomic E-state index is -0.491. The molecule has 0 saturated carbocycles. The summed E-state index contributed by atoms with van der Waals surface area (Å²) < 4.78 is 19.9. The fourth-order valence-corrected chi connectivity index (χ4v) is 2.44. The average molecular weight is 325 g/mol. The number of hydrogen-bond donors (Lipinski definition) is 0. The Labute approximate surface area is 138 Å². The third kappa shape index (κ3) is 3.48. The zero-order valence-electron chi connectivity index (χ0n) is 13.1. The fraction of sp³-hybridized carbons (Fsp3) is 0.167. The molecule has 0 amide bonds. The first-order chi connectivity index (χ1) is 11.7. The molecule has 0 radical (unpaired) electrons. The first kappa shape index (κ1) is 15.9. The highest BCUT2D eigenvalue weighted by Gasteiger charge is 2.12. The summed E-state index contributed by atoms with van der Waals surface area (Å²) in [4.78, 5) is 20.2. The van der Waals surface area contributed by atoms with Crippen LogP contribution in [0.1, 0.15) is 16.1 Å². The van der Waals surface area contributed by atoms with E-state index >= 15 is 0 Å². The summed E-state index contributed by atoms with van der Waals surface area (Å²) in [6.45, 7) is 0.628. The lowest BCUT2D eigenvalue weighted by atomic mass is 10.1. The summed E-state index contributed by atoms with van der Waals surface area (Å²) >= 11 is 0. The third-order valence-corrected chi connectivity index (χ3v) is 3.62. The molecule has 0 aliphatic rings. The van der Waals surface area contributed by atoms with Gasteiger partial charge in [0, 0.05) is 18.9 Å². The van der Waals surface area contributed by atoms with Crippen LogP contribution in [0.3, 0.4) is 0 Å². The highest BCUT2D eigenvalue weighted by molar-refractivity contribution is 5.87. The van der Waals surface area contributed by atoms with E-state index in [9.17, 15) is 9.18 Å². The molecule has 122 valence electrons. The van der Waals surface area contributed by atoms with Crippen LogP contribution in [0.15, 0.2) is 54.9 Å². The molecule has 0 bridgehead atoms. The van der Waals surface area contributed by atoms with Crippen LogP contribution in [0.4, 0.5) is 4.39 Å². The third-order valence-electron chi connectivity index (χ3n) is 3.62. The number of halogens is 1. The summed E-state index contributed by atoms with van der Waals surface area (Å²) in [5, 5.41) is 0. The second kappa shape index (κ2) is 7.04. The van der Waals surface area contributed by atoms with Crippen LogP contribution in [-0.4, -0.2) is 27.6 Å². The van der Waals surface area contributed by atoms with Crippen molar-refractivity contribution in [2.75, 3.05) is 7.11 Å². The maximum Gasteiger partial charge on any atom is 0.356 e. The molecule has 24 heavy (non-hydrogen) atoms. The molecule has 2 heterocycles. The largest absolute Gasteiger partial charge is 0.464 e. The highest BCUT2D eigenvalue weighted by Crippen LogP contribution is 2.17. The Balaban J connectivity index is 1.81. The van der Waals surface area contributed by atoms with Gasteiger partial charge in [-0.2, -0.15) is 0 Å². The molecule has 2 aromatic heterocycles. The molecule has 0 aliphatic carbocycles. The van der Waals surface area contributed by atoms with Gasteiger partial charge in [-0.3, -0.25) is 0 Å². The number of aryl methyl sites for hydroxylation is 2. The molecular formula is C18H16FN3O2. The smallest absolute Gasteiger partial charge is 0.356 e. The summed E-state index contributed by atoms with van der Waals surface area (Å²) in [6, 6.07) is 11.6. The van der Waals surface area contributed by atoms with Crippen LogP contribution < -0.4 is 0 Å². The number of esters is 1. The molecule has 0 N–H and O–H groups in total. The Hall–Kier alpha value is -3.02. The van der Waals surface area contributed by atoms with Gasteiger partial charge >= 0.3 is 5.97 Å². The monoisotopic (exact) mass is 325 g/mol. The topological polar surface area (TPSA) is 57.0 Å². The standard InChI is InChI=1S/C18H16FN3O2/c1-24-18(23)16-7-3-6-15(21-16)17-20-9-11-22(17)10-8-13-4-2-5-14(19)12-13/h2-7,9,11-12H,8,10H2,1H3. The van der Waals surface area contributed by atoms with Gasteiger partial charge in [-0.1, -0.05) is 18.2 Å². The van der Waals surface area contributed by atoms with E-state index in [2.05, 4.69) is 9.97 Å². The zero-order chi connectivity index (χ0) is 16.9. The Morgan fingerprint density at radius 3 is 2.88 bits per heavy atom. The lowest BCUT2D eigenvalue weighted by Crippen LogP contribution is -2.07. The minimum Gasteiger partial charge on any atom is -0.464 e. The molecule has 6 heteroatoms. The van der Waals surface area contributed by atoms with Crippen molar-refractivity contribution in [3.63, 3.8) is 0 Å². The van der Waals surface area contributed by atoms with E-state index in [0.717, 1.165) is 5.56 Å². The van der Waals surface area contributed by atoms with Gasteiger partial charge < -0.3 is 9.30 Å². The molecule has 0 spiro atoms. The number of hydrogen-bond acceptors (Lipinski definition) is 4. The molecule has 3 aromatic rings. The van der Waals surface area contributed by atoms with E-state index in [1.54, 1.807) is 30.5 Å². The number of rotatable bonds is 5. The number of nitrogens with zero attached hydrogens (tertiary/aromatic N) is 3. The van der Waals surface area contributed by atoms with Gasteiger partial charge in [0.2, 0.25) is 0 Å². The number of imidazole rings is 1. The molecule has 3 rings (SSSR count). The van der Waals surface area contributed by atoms with Crippen molar-refractivity contribution in [3.05, 3.63) is 71.9 Å². The first-order valence-electron chi connectivity index (χ1n) is 7.48. The van der Waals surface area contributed by atoms with Gasteiger partial charge in [0.25, 0.3) is 0 Å². The quantitative estimate of drug-likeness (QED) is 0.676. The number of methoxy groups -OCH3 is 1. The number of aromatic nitrogens is 3. The van der Waals surface area contributed by atoms with Crippen molar-refractivity contribution in [3.8, 4) is 11.5 Å². The number of benzene rings is 1. The van der Waals surface area contributed by atoms with E-state index in [4.69, 9.17) is 4.74 Å². The molecule has 0 fully saturated rings. The van der Waals surface area contributed by atoms with Gasteiger partial charge in [0.05, 0.1) is 7.11 Å². The fourth-order valence-electron chi connectivity index (χ4n) is 2.44. The number of ether oxygens (including phenoxy) is 1. The Bertz CT molecular complexity index is 861. The van der Waals surface area contributed by atoms with Gasteiger partial charge in [0.1, 0.15) is 17.2 Å². The van der Waals surface area contributed by atoms with E-state index in [1.165, 1.54) is 19.2 Å². The summed E-state index contributed by atoms with van der Waals surface area (Å²) in [7, 11) is 1.32. The maximum atomic E-state index is 13.3. The van der Waals surface area contributed by atoms with Crippen molar-refractivity contribution in [1.82, 2.24) is 14.5 Å². The van der Waals surface area contributed by atoms with Crippen LogP contribution in [0, 0.1) is 5.82 Å². The second-order valence-corrected chi connectivity index (χ2v) is 5.22. The second-order valence-electron chi connectivity index (χ2n) is 5.22. The van der Waals surface area contributed by atoms with E-state index in [0.29, 0.717) is 24.5 Å². The average Bonchev–Trinajstić information content (AvgIpc) is 3.08. The van der Waals surface area contributed by atoms with Crippen molar-refractivity contribution < 1.29 is 13.9 Å². The predicted octanol–water partition coefficient (Wildman–Crippen LogP) is 3.11. The molecule has 0 unspecified atom stereocenters. The van der Waals surface area contributed by atoms with Crippen molar-refractivity contribution in [1.29, 1.82) is 0 Å². The molecule has 1 aromatic carbocycles. The zero-order valence-corrected chi connectivity index (χ0v) is 13.1. The van der Waals surface area contributed by atoms with Crippen LogP contribution in [0.2, 0.25) is 0 Å². The molecule has 5 nitrogen and oxygen atoms in total. The first-order valence-corrected chi connectivity index (χ1v) is 7.48. The van der Waals surface area contributed by atoms with Crippen molar-refractivity contribution in [2.45, 2.75) is 13.0 Å². The van der Waals surface area contributed by atoms with Crippen LogP contribution in [0.25, 0.3) is 11.5 Å². The number of pyridine rings is 1. The van der Waals surface area contributed by atoms with Gasteiger partial charge in [-0.15, -0.1) is 0 Å². The van der Waals surface area contributed by atoms with Gasteiger partial charge in [-0.25, -0.2) is 19.2 Å². The Kier molecular flexibility index (Phi) is 4.65. The maximum absolute atomic E-state index is 13.3. The number of carbonyl (C=O) groups excluding carboxylic acids is 1. The summed E-state index contributed by atoms with van der Waals surface area (Å²) in [6.07, 6.45) is 4.17. The Morgan fingerprint density at radius 1 is 1.25 bits per heavy atom. The SMILES string of the molecule is COC(=O)c1cccc(-c2nccn2CCc2cccc(F)c2)n1. The Morgan fingerprint density at radius 2 is 2.08 bits per heavy atom. The molecule has 0 aliphatic heterocycles. The lowest BCUT2D eigenvalue weighted by molar-refractivity contribution is 0.0594. The summed E-state index contributed by atoms with van der Waals surface area (Å²) in [5.41, 5.74) is 1.72. The predicted molar refractivity (Wildman–Crippen MR) is 86.9 cm³/mol. The van der Waals surface area contributed by atoms with Gasteiger partial charge in [-0.05, 0) is 36.2 Å². The van der Waals surface area contributed by atoms with Crippen LogP contribution >= 0.6 is 0 Å². The van der Waals surface area contributed by atoms with E-state index < -0.39 is 5.97 Å². The normalized spacial score (nSPS) is 10.6. The van der Waals surface area contributed by atoms with Gasteiger partial charge in [0.15, 0.2) is 5.82 Å². The lowest BCUT2D eigenvalue weighted by Gasteiger charge is -2.08. The highest BCUT2D eigenvalue weighted by atomic mass is 19.1. The van der Waals surface area contributed by atoms with E-state index in [1.807, 2.05) is 16.8 Å². The molecule has 0 saturated heterocycles. The van der Waals surface area contributed by atoms with Crippen molar-refractivity contribution >= 4 is 5.97 Å². The van der Waals surface area contributed by atoms with E-state index in [-0.39, 0.29) is 11.5 Å². The van der Waals surface area contributed by atoms with Crippen molar-refractivity contribution in [2.24, 2.45) is 0 Å². The van der Waals surface area contributed by atoms with Crippen LogP contribution in [0.5, 0.6) is 0 Å².